The number of carbonyl (C=O) groups is 1. The minimum Gasteiger partial charge on any atom is -0.478 e. The number of rotatable bonds is 5. The molecule has 0 radical (unpaired) electrons. The molecule has 0 unspecified atom stereocenters. The van der Waals surface area contributed by atoms with Gasteiger partial charge >= 0.3 is 12.1 Å². The average molecular weight is 577 g/mol. The number of piperidine rings is 1. The molecule has 39 heavy (non-hydrogen) atoms. The Bertz CT molecular complexity index is 1450. The molecule has 2 aliphatic heterocycles. The molecule has 3 aromatic rings. The van der Waals surface area contributed by atoms with Crippen LogP contribution in [0.15, 0.2) is 59.8 Å². The van der Waals surface area contributed by atoms with Gasteiger partial charge in [-0.05, 0) is 59.5 Å². The molecule has 1 spiro atoms. The van der Waals surface area contributed by atoms with Gasteiger partial charge in [0.2, 0.25) is 0 Å². The van der Waals surface area contributed by atoms with Crippen LogP contribution in [0.5, 0.6) is 0 Å². The van der Waals surface area contributed by atoms with E-state index in [4.69, 9.17) is 33.1 Å². The van der Waals surface area contributed by atoms with Crippen LogP contribution in [0.4, 0.5) is 13.2 Å². The van der Waals surface area contributed by atoms with Gasteiger partial charge < -0.3 is 9.94 Å². The quantitative estimate of drug-likeness (QED) is 0.336. The highest BCUT2D eigenvalue weighted by atomic mass is 35.5. The summed E-state index contributed by atoms with van der Waals surface area (Å²) in [6.45, 7) is 3.00. The molecule has 0 aliphatic carbocycles. The predicted molar refractivity (Wildman–Crippen MR) is 145 cm³/mol. The van der Waals surface area contributed by atoms with E-state index < -0.39 is 23.3 Å². The fraction of sp³-hybridized carbons (Fsp3) is 0.310. The number of halogens is 5. The highest BCUT2D eigenvalue weighted by Gasteiger charge is 2.42. The van der Waals surface area contributed by atoms with E-state index in [1.54, 1.807) is 36.4 Å². The number of aryl methyl sites for hydroxylation is 1. The highest BCUT2D eigenvalue weighted by molar-refractivity contribution is 6.36. The minimum atomic E-state index is -4.47. The molecule has 0 aromatic heterocycles. The summed E-state index contributed by atoms with van der Waals surface area (Å²) in [5.41, 5.74) is 2.57. The molecule has 10 heteroatoms. The maximum absolute atomic E-state index is 13.8. The van der Waals surface area contributed by atoms with Crippen LogP contribution in [0.1, 0.15) is 51.9 Å². The zero-order valence-corrected chi connectivity index (χ0v) is 22.5. The number of carboxylic acid groups (broad SMARTS) is 1. The lowest BCUT2D eigenvalue weighted by Crippen LogP contribution is -2.44. The van der Waals surface area contributed by atoms with Crippen molar-refractivity contribution in [3.05, 3.63) is 92.5 Å². The molecule has 1 fully saturated rings. The summed E-state index contributed by atoms with van der Waals surface area (Å²) >= 11 is 12.5. The molecule has 0 bridgehead atoms. The zero-order valence-electron chi connectivity index (χ0n) is 21.0. The molecule has 0 amide bonds. The Labute approximate surface area is 233 Å². The van der Waals surface area contributed by atoms with E-state index in [-0.39, 0.29) is 11.1 Å². The molecule has 5 nitrogen and oxygen atoms in total. The second-order valence-electron chi connectivity index (χ2n) is 10.1. The van der Waals surface area contributed by atoms with Crippen LogP contribution in [0.25, 0.3) is 11.1 Å². The lowest BCUT2D eigenvalue weighted by molar-refractivity contribution is -0.138. The summed E-state index contributed by atoms with van der Waals surface area (Å²) in [4.78, 5) is 19.1. The summed E-state index contributed by atoms with van der Waals surface area (Å²) in [5, 5.41) is 14.2. The van der Waals surface area contributed by atoms with Crippen molar-refractivity contribution in [2.24, 2.45) is 5.16 Å². The number of aromatic carboxylic acids is 1. The normalized spacial score (nSPS) is 17.2. The fourth-order valence-corrected chi connectivity index (χ4v) is 5.77. The maximum atomic E-state index is 13.8. The van der Waals surface area contributed by atoms with Gasteiger partial charge in [-0.3, -0.25) is 4.90 Å². The van der Waals surface area contributed by atoms with Crippen LogP contribution in [-0.2, 0) is 17.6 Å². The first-order chi connectivity index (χ1) is 18.4. The van der Waals surface area contributed by atoms with E-state index in [9.17, 15) is 18.0 Å². The zero-order chi connectivity index (χ0) is 27.9. The Hall–Kier alpha value is -3.07. The first-order valence-electron chi connectivity index (χ1n) is 12.4. The third-order valence-corrected chi connectivity index (χ3v) is 7.99. The fourth-order valence-electron chi connectivity index (χ4n) is 5.26. The van der Waals surface area contributed by atoms with Crippen molar-refractivity contribution in [2.45, 2.75) is 44.5 Å². The maximum Gasteiger partial charge on any atom is 0.416 e. The average Bonchev–Trinajstić information content (AvgIpc) is 3.29. The molecule has 5 rings (SSSR count). The molecule has 2 heterocycles. The van der Waals surface area contributed by atoms with E-state index in [1.165, 1.54) is 25.1 Å². The predicted octanol–water partition coefficient (Wildman–Crippen LogP) is 7.85. The first-order valence-corrected chi connectivity index (χ1v) is 13.2. The van der Waals surface area contributed by atoms with Crippen molar-refractivity contribution in [3.63, 3.8) is 0 Å². The van der Waals surface area contributed by atoms with Gasteiger partial charge in [0.1, 0.15) is 5.60 Å². The summed E-state index contributed by atoms with van der Waals surface area (Å²) in [6.07, 6.45) is -2.58. The number of likely N-dealkylation sites (tertiary alicyclic amines) is 1. The van der Waals surface area contributed by atoms with Gasteiger partial charge in [0.05, 0.1) is 16.8 Å². The number of carboxylic acids is 1. The van der Waals surface area contributed by atoms with E-state index in [1.807, 2.05) is 0 Å². The number of hydrogen-bond donors (Lipinski definition) is 1. The molecule has 0 atom stereocenters. The van der Waals surface area contributed by atoms with E-state index in [2.05, 4.69) is 10.1 Å². The van der Waals surface area contributed by atoms with Crippen LogP contribution in [-0.4, -0.2) is 40.4 Å². The van der Waals surface area contributed by atoms with Gasteiger partial charge in [-0.1, -0.05) is 52.6 Å². The van der Waals surface area contributed by atoms with Crippen molar-refractivity contribution >= 4 is 34.9 Å². The monoisotopic (exact) mass is 576 g/mol. The van der Waals surface area contributed by atoms with Crippen molar-refractivity contribution < 1.29 is 27.9 Å². The number of oxime groups is 1. The topological polar surface area (TPSA) is 62.1 Å². The molecule has 1 N–H and O–H groups in total. The Morgan fingerprint density at radius 1 is 1.05 bits per heavy atom. The number of benzene rings is 3. The second kappa shape index (κ2) is 10.5. The van der Waals surface area contributed by atoms with Crippen LogP contribution in [0.3, 0.4) is 0 Å². The minimum absolute atomic E-state index is 0.130. The summed E-state index contributed by atoms with van der Waals surface area (Å²) in [7, 11) is 0. The van der Waals surface area contributed by atoms with Crippen LogP contribution < -0.4 is 0 Å². The van der Waals surface area contributed by atoms with Crippen LogP contribution in [0.2, 0.25) is 10.0 Å². The molecule has 0 saturated carbocycles. The molecule has 2 aliphatic rings. The van der Waals surface area contributed by atoms with Crippen LogP contribution in [0, 0.1) is 6.92 Å². The first kappa shape index (κ1) is 27.5. The SMILES string of the molecule is Cc1cc(-c2ccc(Cl)cc2Cl)c(CN2CCC3(CC2)CC(c2ccc(C(=O)O)cc2)=NO3)cc1C(F)(F)F. The van der Waals surface area contributed by atoms with Gasteiger partial charge in [-0.2, -0.15) is 13.2 Å². The summed E-state index contributed by atoms with van der Waals surface area (Å²) in [6, 6.07) is 14.3. The summed E-state index contributed by atoms with van der Waals surface area (Å²) in [5.74, 6) is -0.993. The molecule has 1 saturated heterocycles. The van der Waals surface area contributed by atoms with Gasteiger partial charge in [-0.25, -0.2) is 4.79 Å². The number of hydrogen-bond acceptors (Lipinski definition) is 4. The summed E-state index contributed by atoms with van der Waals surface area (Å²) < 4.78 is 41.4. The van der Waals surface area contributed by atoms with Crippen molar-refractivity contribution in [3.8, 4) is 11.1 Å². The van der Waals surface area contributed by atoms with Crippen molar-refractivity contribution in [1.29, 1.82) is 0 Å². The van der Waals surface area contributed by atoms with E-state index in [0.717, 1.165) is 11.3 Å². The van der Waals surface area contributed by atoms with Gasteiger partial charge in [0, 0.05) is 54.5 Å². The Morgan fingerprint density at radius 3 is 2.36 bits per heavy atom. The van der Waals surface area contributed by atoms with Gasteiger partial charge in [0.15, 0.2) is 0 Å². The number of alkyl halides is 3. The number of nitrogens with zero attached hydrogens (tertiary/aromatic N) is 2. The molecule has 204 valence electrons. The lowest BCUT2D eigenvalue weighted by Gasteiger charge is -2.37. The lowest BCUT2D eigenvalue weighted by atomic mass is 9.85. The second-order valence-corrected chi connectivity index (χ2v) is 10.9. The van der Waals surface area contributed by atoms with E-state index >= 15 is 0 Å². The third-order valence-electron chi connectivity index (χ3n) is 7.44. The molecular weight excluding hydrogens is 552 g/mol. The Balaban J connectivity index is 1.33. The molecule has 3 aromatic carbocycles. The van der Waals surface area contributed by atoms with Gasteiger partial charge in [-0.15, -0.1) is 0 Å². The Kier molecular flexibility index (Phi) is 7.39. The van der Waals surface area contributed by atoms with E-state index in [0.29, 0.717) is 65.6 Å². The van der Waals surface area contributed by atoms with Crippen molar-refractivity contribution in [2.75, 3.05) is 13.1 Å². The van der Waals surface area contributed by atoms with Gasteiger partial charge in [0.25, 0.3) is 0 Å². The van der Waals surface area contributed by atoms with Crippen LogP contribution >= 0.6 is 23.2 Å². The van der Waals surface area contributed by atoms with Crippen molar-refractivity contribution in [1.82, 2.24) is 4.90 Å². The Morgan fingerprint density at radius 2 is 1.74 bits per heavy atom. The third kappa shape index (κ3) is 5.78. The molecular formula is C29H25Cl2F3N2O3. The standard InChI is InChI=1S/C29H25Cl2F3N2O3/c1-17-12-23(22-7-6-21(30)14-25(22)31)20(13-24(17)29(32,33)34)16-36-10-8-28(9-11-36)15-26(35-39-28)18-2-4-19(5-3-18)27(37)38/h2-7,12-14H,8-11,15-16H2,1H3,(H,37,38). The smallest absolute Gasteiger partial charge is 0.416 e. The highest BCUT2D eigenvalue weighted by Crippen LogP contribution is 2.41. The largest absolute Gasteiger partial charge is 0.478 e.